The number of aromatic nitrogens is 2. The van der Waals surface area contributed by atoms with Gasteiger partial charge in [0, 0.05) is 15.3 Å². The summed E-state index contributed by atoms with van der Waals surface area (Å²) in [5, 5.41) is 7.02. The number of benzene rings is 2. The summed E-state index contributed by atoms with van der Waals surface area (Å²) < 4.78 is 40.9. The van der Waals surface area contributed by atoms with Crippen LogP contribution in [-0.2, 0) is 12.7 Å². The third-order valence-electron chi connectivity index (χ3n) is 3.93. The molecule has 1 N–H and O–H groups in total. The van der Waals surface area contributed by atoms with E-state index in [2.05, 4.69) is 33.0 Å². The maximum Gasteiger partial charge on any atom is 0.416 e. The standard InChI is InChI=1S/C19H15F3IN3O/c1-12-9-17(24-18(27)15-7-2-3-8-16(15)23)25-26(12)11-13-5-4-6-14(10-13)19(20,21)22/h2-10H,11H2,1H3,(H,24,25,27). The van der Waals surface area contributed by atoms with Crippen LogP contribution in [0, 0.1) is 10.5 Å². The lowest BCUT2D eigenvalue weighted by molar-refractivity contribution is -0.137. The Bertz CT molecular complexity index is 982. The summed E-state index contributed by atoms with van der Waals surface area (Å²) in [6.07, 6.45) is -4.39. The van der Waals surface area contributed by atoms with Gasteiger partial charge in [0.2, 0.25) is 0 Å². The Kier molecular flexibility index (Phi) is 5.54. The van der Waals surface area contributed by atoms with Gasteiger partial charge in [-0.1, -0.05) is 24.3 Å². The number of carbonyl (C=O) groups is 1. The van der Waals surface area contributed by atoms with E-state index >= 15 is 0 Å². The number of anilines is 1. The van der Waals surface area contributed by atoms with Gasteiger partial charge in [-0.25, -0.2) is 0 Å². The summed E-state index contributed by atoms with van der Waals surface area (Å²) in [6, 6.07) is 14.0. The highest BCUT2D eigenvalue weighted by atomic mass is 127. The molecule has 0 spiro atoms. The zero-order valence-electron chi connectivity index (χ0n) is 14.2. The lowest BCUT2D eigenvalue weighted by atomic mass is 10.1. The number of nitrogens with zero attached hydrogens (tertiary/aromatic N) is 2. The molecule has 0 radical (unpaired) electrons. The number of carbonyl (C=O) groups excluding carboxylic acids is 1. The molecule has 1 amide bonds. The molecule has 0 unspecified atom stereocenters. The van der Waals surface area contributed by atoms with Crippen molar-refractivity contribution in [1.29, 1.82) is 0 Å². The maximum absolute atomic E-state index is 12.9. The molecular formula is C19H15F3IN3O. The molecule has 0 atom stereocenters. The third-order valence-corrected chi connectivity index (χ3v) is 4.87. The Morgan fingerprint density at radius 1 is 1.15 bits per heavy atom. The molecule has 1 heterocycles. The first kappa shape index (κ1) is 19.4. The molecule has 27 heavy (non-hydrogen) atoms. The molecule has 0 saturated carbocycles. The molecule has 0 saturated heterocycles. The second-order valence-corrected chi connectivity index (χ2v) is 7.12. The van der Waals surface area contributed by atoms with Crippen molar-refractivity contribution in [2.45, 2.75) is 19.6 Å². The van der Waals surface area contributed by atoms with Crippen molar-refractivity contribution in [3.63, 3.8) is 0 Å². The summed E-state index contributed by atoms with van der Waals surface area (Å²) in [7, 11) is 0. The predicted octanol–water partition coefficient (Wildman–Crippen LogP) is 5.12. The van der Waals surface area contributed by atoms with Crippen molar-refractivity contribution in [3.8, 4) is 0 Å². The Morgan fingerprint density at radius 2 is 1.89 bits per heavy atom. The van der Waals surface area contributed by atoms with Crippen LogP contribution in [0.3, 0.4) is 0 Å². The number of hydrogen-bond donors (Lipinski definition) is 1. The van der Waals surface area contributed by atoms with Crippen LogP contribution in [0.5, 0.6) is 0 Å². The second kappa shape index (κ2) is 7.71. The molecule has 0 aliphatic heterocycles. The van der Waals surface area contributed by atoms with Crippen LogP contribution in [0.1, 0.15) is 27.2 Å². The van der Waals surface area contributed by atoms with E-state index in [4.69, 9.17) is 0 Å². The van der Waals surface area contributed by atoms with E-state index in [0.717, 1.165) is 21.4 Å². The van der Waals surface area contributed by atoms with Crippen molar-refractivity contribution >= 4 is 34.3 Å². The number of aryl methyl sites for hydroxylation is 1. The molecule has 0 aliphatic rings. The molecule has 140 valence electrons. The van der Waals surface area contributed by atoms with Gasteiger partial charge in [-0.15, -0.1) is 0 Å². The smallest absolute Gasteiger partial charge is 0.305 e. The van der Waals surface area contributed by atoms with Crippen LogP contribution in [0.2, 0.25) is 0 Å². The monoisotopic (exact) mass is 485 g/mol. The van der Waals surface area contributed by atoms with Crippen molar-refractivity contribution in [2.24, 2.45) is 0 Å². The Labute approximate surface area is 167 Å². The maximum atomic E-state index is 12.9. The lowest BCUT2D eigenvalue weighted by Gasteiger charge is -2.09. The molecule has 0 aliphatic carbocycles. The summed E-state index contributed by atoms with van der Waals surface area (Å²) in [5.41, 5.74) is 1.04. The minimum absolute atomic E-state index is 0.175. The van der Waals surface area contributed by atoms with Gasteiger partial charge in [0.15, 0.2) is 5.82 Å². The molecule has 8 heteroatoms. The van der Waals surface area contributed by atoms with Gasteiger partial charge in [-0.05, 0) is 59.3 Å². The zero-order chi connectivity index (χ0) is 19.6. The first-order chi connectivity index (χ1) is 12.7. The molecule has 2 aromatic carbocycles. The van der Waals surface area contributed by atoms with Crippen LogP contribution in [-0.4, -0.2) is 15.7 Å². The number of alkyl halides is 3. The Balaban J connectivity index is 1.77. The lowest BCUT2D eigenvalue weighted by Crippen LogP contribution is -2.14. The van der Waals surface area contributed by atoms with E-state index in [1.54, 1.807) is 35.9 Å². The summed E-state index contributed by atoms with van der Waals surface area (Å²) in [5.74, 6) is 0.0628. The number of amides is 1. The Hall–Kier alpha value is -2.36. The summed E-state index contributed by atoms with van der Waals surface area (Å²) in [4.78, 5) is 12.4. The van der Waals surface area contributed by atoms with Gasteiger partial charge < -0.3 is 5.32 Å². The van der Waals surface area contributed by atoms with Crippen LogP contribution in [0.25, 0.3) is 0 Å². The number of hydrogen-bond acceptors (Lipinski definition) is 2. The highest BCUT2D eigenvalue weighted by Crippen LogP contribution is 2.29. The SMILES string of the molecule is Cc1cc(NC(=O)c2ccccc2I)nn1Cc1cccc(C(F)(F)F)c1. The summed E-state index contributed by atoms with van der Waals surface area (Å²) >= 11 is 2.08. The van der Waals surface area contributed by atoms with Crippen LogP contribution < -0.4 is 5.32 Å². The van der Waals surface area contributed by atoms with Crippen molar-refractivity contribution in [2.75, 3.05) is 5.32 Å². The minimum Gasteiger partial charge on any atom is -0.305 e. The second-order valence-electron chi connectivity index (χ2n) is 5.96. The fourth-order valence-corrected chi connectivity index (χ4v) is 3.21. The zero-order valence-corrected chi connectivity index (χ0v) is 16.4. The van der Waals surface area contributed by atoms with Crippen molar-refractivity contribution in [1.82, 2.24) is 9.78 Å². The van der Waals surface area contributed by atoms with E-state index in [-0.39, 0.29) is 12.5 Å². The normalized spacial score (nSPS) is 11.4. The minimum atomic E-state index is -4.39. The Morgan fingerprint density at radius 3 is 2.59 bits per heavy atom. The van der Waals surface area contributed by atoms with Crippen LogP contribution in [0.4, 0.5) is 19.0 Å². The quantitative estimate of drug-likeness (QED) is 0.522. The van der Waals surface area contributed by atoms with E-state index in [1.807, 2.05) is 12.1 Å². The predicted molar refractivity (Wildman–Crippen MR) is 105 cm³/mol. The van der Waals surface area contributed by atoms with Gasteiger partial charge in [-0.2, -0.15) is 18.3 Å². The molecule has 3 rings (SSSR count). The topological polar surface area (TPSA) is 46.9 Å². The van der Waals surface area contributed by atoms with Gasteiger partial charge in [0.05, 0.1) is 17.7 Å². The van der Waals surface area contributed by atoms with E-state index in [0.29, 0.717) is 16.9 Å². The van der Waals surface area contributed by atoms with Gasteiger partial charge in [0.25, 0.3) is 5.91 Å². The van der Waals surface area contributed by atoms with Gasteiger partial charge in [-0.3, -0.25) is 9.48 Å². The molecule has 3 aromatic rings. The fraction of sp³-hybridized carbons (Fsp3) is 0.158. The summed E-state index contributed by atoms with van der Waals surface area (Å²) in [6.45, 7) is 1.96. The van der Waals surface area contributed by atoms with Crippen LogP contribution in [0.15, 0.2) is 54.6 Å². The highest BCUT2D eigenvalue weighted by Gasteiger charge is 2.30. The molecular weight excluding hydrogens is 470 g/mol. The highest BCUT2D eigenvalue weighted by molar-refractivity contribution is 14.1. The van der Waals surface area contributed by atoms with Crippen molar-refractivity contribution < 1.29 is 18.0 Å². The van der Waals surface area contributed by atoms with Crippen LogP contribution >= 0.6 is 22.6 Å². The number of nitrogens with one attached hydrogen (secondary N) is 1. The van der Waals surface area contributed by atoms with Crippen molar-refractivity contribution in [3.05, 3.63) is 80.6 Å². The van der Waals surface area contributed by atoms with E-state index < -0.39 is 11.7 Å². The molecule has 4 nitrogen and oxygen atoms in total. The van der Waals surface area contributed by atoms with Gasteiger partial charge in [0.1, 0.15) is 0 Å². The fourth-order valence-electron chi connectivity index (χ4n) is 2.58. The largest absolute Gasteiger partial charge is 0.416 e. The number of halogens is 4. The first-order valence-electron chi connectivity index (χ1n) is 8.00. The number of rotatable bonds is 4. The average Bonchev–Trinajstić information content (AvgIpc) is 2.93. The first-order valence-corrected chi connectivity index (χ1v) is 9.08. The molecule has 0 bridgehead atoms. The third kappa shape index (κ3) is 4.68. The molecule has 0 fully saturated rings. The van der Waals surface area contributed by atoms with Gasteiger partial charge >= 0.3 is 6.18 Å². The van der Waals surface area contributed by atoms with E-state index in [1.165, 1.54) is 6.07 Å². The average molecular weight is 485 g/mol. The van der Waals surface area contributed by atoms with E-state index in [9.17, 15) is 18.0 Å². The molecule has 1 aromatic heterocycles.